The van der Waals surface area contributed by atoms with Crippen LogP contribution in [0.1, 0.15) is 12.5 Å². The van der Waals surface area contributed by atoms with E-state index in [-0.39, 0.29) is 12.2 Å². The van der Waals surface area contributed by atoms with Gasteiger partial charge in [0.1, 0.15) is 5.82 Å². The number of hydrogen-bond acceptors (Lipinski definition) is 3. The highest BCUT2D eigenvalue weighted by Crippen LogP contribution is 2.08. The molecule has 0 spiro atoms. The number of carbonyl (C=O) groups is 1. The minimum atomic E-state index is -0.902. The number of ether oxygens (including phenoxy) is 1. The van der Waals surface area contributed by atoms with E-state index < -0.39 is 17.7 Å². The van der Waals surface area contributed by atoms with Gasteiger partial charge in [0.05, 0.1) is 6.61 Å². The third-order valence-electron chi connectivity index (χ3n) is 1.53. The Labute approximate surface area is 85.4 Å². The smallest absolute Gasteiger partial charge is 0.330 e. The molecule has 0 saturated carbocycles. The van der Waals surface area contributed by atoms with Crippen molar-refractivity contribution in [1.29, 1.82) is 0 Å². The van der Waals surface area contributed by atoms with Crippen LogP contribution in [0.2, 0.25) is 0 Å². The van der Waals surface area contributed by atoms with Gasteiger partial charge in [0, 0.05) is 23.9 Å². The summed E-state index contributed by atoms with van der Waals surface area (Å²) >= 11 is 0. The Hall–Kier alpha value is -1.78. The Balaban J connectivity index is 2.76. The van der Waals surface area contributed by atoms with Gasteiger partial charge < -0.3 is 4.74 Å². The number of rotatable bonds is 3. The van der Waals surface area contributed by atoms with Crippen LogP contribution in [-0.2, 0) is 9.53 Å². The van der Waals surface area contributed by atoms with Crippen molar-refractivity contribution in [2.45, 2.75) is 6.92 Å². The van der Waals surface area contributed by atoms with Crippen molar-refractivity contribution in [1.82, 2.24) is 4.98 Å². The Morgan fingerprint density at radius 2 is 2.33 bits per heavy atom. The molecule has 80 valence electrons. The highest BCUT2D eigenvalue weighted by molar-refractivity contribution is 5.86. The van der Waals surface area contributed by atoms with Crippen molar-refractivity contribution in [3.63, 3.8) is 0 Å². The van der Waals surface area contributed by atoms with Crippen LogP contribution in [0.15, 0.2) is 18.3 Å². The van der Waals surface area contributed by atoms with Crippen LogP contribution in [0.25, 0.3) is 6.08 Å². The molecule has 0 amide bonds. The average molecular weight is 213 g/mol. The maximum absolute atomic E-state index is 13.0. The highest BCUT2D eigenvalue weighted by atomic mass is 19.1. The number of halogens is 2. The molecule has 1 rings (SSSR count). The molecule has 0 aliphatic rings. The molecule has 0 aliphatic carbocycles. The minimum Gasteiger partial charge on any atom is -0.463 e. The monoisotopic (exact) mass is 213 g/mol. The number of aromatic nitrogens is 1. The second kappa shape index (κ2) is 5.19. The van der Waals surface area contributed by atoms with E-state index in [1.165, 1.54) is 6.08 Å². The fourth-order valence-electron chi connectivity index (χ4n) is 0.889. The van der Waals surface area contributed by atoms with Gasteiger partial charge >= 0.3 is 5.97 Å². The van der Waals surface area contributed by atoms with Gasteiger partial charge in [0.2, 0.25) is 5.95 Å². The summed E-state index contributed by atoms with van der Waals surface area (Å²) in [6.07, 6.45) is 3.24. The zero-order valence-electron chi connectivity index (χ0n) is 8.04. The van der Waals surface area contributed by atoms with Crippen LogP contribution < -0.4 is 0 Å². The molecule has 0 aliphatic heterocycles. The van der Waals surface area contributed by atoms with Crippen molar-refractivity contribution >= 4 is 12.0 Å². The molecular formula is C10H9F2NO2. The minimum absolute atomic E-state index is 0.0319. The molecule has 0 bridgehead atoms. The first-order valence-electron chi connectivity index (χ1n) is 4.29. The van der Waals surface area contributed by atoms with E-state index in [1.807, 2.05) is 0 Å². The Morgan fingerprint density at radius 3 is 2.93 bits per heavy atom. The number of pyridine rings is 1. The van der Waals surface area contributed by atoms with Crippen molar-refractivity contribution in [3.05, 3.63) is 35.7 Å². The predicted molar refractivity (Wildman–Crippen MR) is 49.8 cm³/mol. The van der Waals surface area contributed by atoms with Crippen molar-refractivity contribution in [2.75, 3.05) is 6.61 Å². The summed E-state index contributed by atoms with van der Waals surface area (Å²) in [6.45, 7) is 1.90. The molecule has 0 atom stereocenters. The van der Waals surface area contributed by atoms with Crippen LogP contribution in [0.5, 0.6) is 0 Å². The molecule has 15 heavy (non-hydrogen) atoms. The van der Waals surface area contributed by atoms with E-state index in [2.05, 4.69) is 9.72 Å². The van der Waals surface area contributed by atoms with Crippen LogP contribution in [0, 0.1) is 11.8 Å². The van der Waals surface area contributed by atoms with E-state index in [4.69, 9.17) is 0 Å². The van der Waals surface area contributed by atoms with E-state index in [9.17, 15) is 13.6 Å². The van der Waals surface area contributed by atoms with Crippen molar-refractivity contribution in [3.8, 4) is 0 Å². The zero-order chi connectivity index (χ0) is 11.3. The summed E-state index contributed by atoms with van der Waals surface area (Å²) in [5, 5.41) is 0. The van der Waals surface area contributed by atoms with Gasteiger partial charge in [-0.2, -0.15) is 4.39 Å². The summed E-state index contributed by atoms with van der Waals surface area (Å²) in [7, 11) is 0. The number of hydrogen-bond donors (Lipinski definition) is 0. The molecule has 0 radical (unpaired) electrons. The predicted octanol–water partition coefficient (Wildman–Crippen LogP) is 1.94. The fraction of sp³-hybridized carbons (Fsp3) is 0.200. The molecule has 0 aromatic carbocycles. The normalized spacial score (nSPS) is 10.6. The van der Waals surface area contributed by atoms with Crippen LogP contribution in [0.3, 0.4) is 0 Å². The molecule has 0 unspecified atom stereocenters. The summed E-state index contributed by atoms with van der Waals surface area (Å²) in [4.78, 5) is 14.1. The molecule has 0 N–H and O–H groups in total. The maximum Gasteiger partial charge on any atom is 0.330 e. The summed E-state index contributed by atoms with van der Waals surface area (Å²) < 4.78 is 30.0. The third-order valence-corrected chi connectivity index (χ3v) is 1.53. The lowest BCUT2D eigenvalue weighted by molar-refractivity contribution is -0.137. The first kappa shape index (κ1) is 11.3. The Morgan fingerprint density at radius 1 is 1.60 bits per heavy atom. The SMILES string of the molecule is CCOC(=O)/C=C/c1cnc(F)cc1F. The standard InChI is InChI=1S/C10H9F2NO2/c1-2-15-10(14)4-3-7-6-13-9(12)5-8(7)11/h3-6H,2H2,1H3/b4-3+. The summed E-state index contributed by atoms with van der Waals surface area (Å²) in [6, 6.07) is 0.644. The van der Waals surface area contributed by atoms with E-state index >= 15 is 0 Å². The second-order valence-electron chi connectivity index (χ2n) is 2.61. The quantitative estimate of drug-likeness (QED) is 0.437. The maximum atomic E-state index is 13.0. The van der Waals surface area contributed by atoms with E-state index in [0.29, 0.717) is 6.07 Å². The fourth-order valence-corrected chi connectivity index (χ4v) is 0.889. The topological polar surface area (TPSA) is 39.2 Å². The third kappa shape index (κ3) is 3.46. The lowest BCUT2D eigenvalue weighted by Gasteiger charge is -1.96. The second-order valence-corrected chi connectivity index (χ2v) is 2.61. The molecular weight excluding hydrogens is 204 g/mol. The van der Waals surface area contributed by atoms with Crippen molar-refractivity contribution < 1.29 is 18.3 Å². The first-order chi connectivity index (χ1) is 7.13. The summed E-state index contributed by atoms with van der Waals surface area (Å²) in [5.41, 5.74) is 0.0319. The van der Waals surface area contributed by atoms with Crippen LogP contribution >= 0.6 is 0 Å². The highest BCUT2D eigenvalue weighted by Gasteiger charge is 2.02. The van der Waals surface area contributed by atoms with E-state index in [0.717, 1.165) is 12.3 Å². The van der Waals surface area contributed by atoms with E-state index in [1.54, 1.807) is 6.92 Å². The van der Waals surface area contributed by atoms with Gasteiger partial charge in [0.15, 0.2) is 0 Å². The van der Waals surface area contributed by atoms with Gasteiger partial charge in [-0.05, 0) is 13.0 Å². The first-order valence-corrected chi connectivity index (χ1v) is 4.29. The van der Waals surface area contributed by atoms with Gasteiger partial charge in [0.25, 0.3) is 0 Å². The summed E-state index contributed by atoms with van der Waals surface area (Å²) in [5.74, 6) is -2.26. The molecule has 1 aromatic rings. The lowest BCUT2D eigenvalue weighted by atomic mass is 10.2. The Kier molecular flexibility index (Phi) is 3.91. The average Bonchev–Trinajstić information content (AvgIpc) is 2.17. The largest absolute Gasteiger partial charge is 0.463 e. The molecule has 1 aromatic heterocycles. The number of nitrogens with zero attached hydrogens (tertiary/aromatic N) is 1. The molecule has 3 nitrogen and oxygen atoms in total. The molecule has 0 saturated heterocycles. The Bertz CT molecular complexity index is 391. The zero-order valence-corrected chi connectivity index (χ0v) is 8.04. The van der Waals surface area contributed by atoms with Crippen molar-refractivity contribution in [2.24, 2.45) is 0 Å². The number of esters is 1. The van der Waals surface area contributed by atoms with Gasteiger partial charge in [-0.15, -0.1) is 0 Å². The van der Waals surface area contributed by atoms with Crippen LogP contribution in [0.4, 0.5) is 8.78 Å². The molecule has 5 heteroatoms. The van der Waals surface area contributed by atoms with Gasteiger partial charge in [-0.25, -0.2) is 14.2 Å². The van der Waals surface area contributed by atoms with Gasteiger partial charge in [-0.1, -0.05) is 0 Å². The molecule has 1 heterocycles. The van der Waals surface area contributed by atoms with Gasteiger partial charge in [-0.3, -0.25) is 0 Å². The molecule has 0 fully saturated rings. The number of carbonyl (C=O) groups excluding carboxylic acids is 1. The lowest BCUT2D eigenvalue weighted by Crippen LogP contribution is -1.99. The van der Waals surface area contributed by atoms with Crippen LogP contribution in [-0.4, -0.2) is 17.6 Å².